The summed E-state index contributed by atoms with van der Waals surface area (Å²) in [4.78, 5) is 36.4. The molecule has 1 aromatic heterocycles. The number of alkyl carbamates (subject to hydrolysis) is 1. The molecule has 1 aliphatic heterocycles. The van der Waals surface area contributed by atoms with Gasteiger partial charge in [0.05, 0.1) is 30.0 Å². The lowest BCUT2D eigenvalue weighted by Gasteiger charge is -2.24. The van der Waals surface area contributed by atoms with Gasteiger partial charge in [-0.15, -0.1) is 17.5 Å². The van der Waals surface area contributed by atoms with Crippen LogP contribution in [0.3, 0.4) is 0 Å². The molecule has 2 heterocycles. The minimum absolute atomic E-state index is 0. The normalized spacial score (nSPS) is 18.5. The predicted octanol–water partition coefficient (Wildman–Crippen LogP) is 0.258. The van der Waals surface area contributed by atoms with Crippen molar-refractivity contribution >= 4 is 30.3 Å². The average Bonchev–Trinajstić information content (AvgIpc) is 3.56. The molecule has 1 aliphatic rings. The number of nitrogens with one attached hydrogen (secondary N) is 3. The number of halogens is 1. The zero-order valence-electron chi connectivity index (χ0n) is 22.1. The Morgan fingerprint density at radius 2 is 1.97 bits per heavy atom. The molecular weight excluding hydrogens is 530 g/mol. The van der Waals surface area contributed by atoms with Gasteiger partial charge in [-0.25, -0.2) is 9.48 Å². The number of carbonyl (C=O) groups is 3. The number of aromatic nitrogens is 3. The van der Waals surface area contributed by atoms with Gasteiger partial charge in [-0.1, -0.05) is 35.5 Å². The van der Waals surface area contributed by atoms with Crippen molar-refractivity contribution in [3.63, 3.8) is 0 Å². The summed E-state index contributed by atoms with van der Waals surface area (Å²) in [6.07, 6.45) is 1.09. The van der Waals surface area contributed by atoms with E-state index in [1.807, 2.05) is 30.3 Å². The number of nitrogens with two attached hydrogens (primary N) is 1. The molecule has 14 heteroatoms. The van der Waals surface area contributed by atoms with E-state index in [4.69, 9.17) is 10.5 Å². The van der Waals surface area contributed by atoms with Crippen molar-refractivity contribution in [3.8, 4) is 0 Å². The molecule has 7 N–H and O–H groups in total. The second-order valence-electron chi connectivity index (χ2n) is 9.92. The molecule has 0 saturated carbocycles. The number of ether oxygens (including phenoxy) is 1. The van der Waals surface area contributed by atoms with E-state index in [1.165, 1.54) is 6.20 Å². The molecule has 2 unspecified atom stereocenters. The lowest BCUT2D eigenvalue weighted by atomic mass is 10.0. The highest BCUT2D eigenvalue weighted by Crippen LogP contribution is 2.26. The first-order valence-corrected chi connectivity index (χ1v) is 12.6. The first-order chi connectivity index (χ1) is 18.1. The van der Waals surface area contributed by atoms with E-state index in [0.717, 1.165) is 5.56 Å². The monoisotopic (exact) mass is 567 g/mol. The van der Waals surface area contributed by atoms with Crippen LogP contribution >= 0.6 is 12.4 Å². The van der Waals surface area contributed by atoms with Crippen molar-refractivity contribution in [2.75, 3.05) is 13.1 Å². The maximum Gasteiger partial charge on any atom is 0.407 e. The first kappa shape index (κ1) is 32.0. The predicted molar refractivity (Wildman–Crippen MR) is 144 cm³/mol. The maximum absolute atomic E-state index is 12.9. The smallest absolute Gasteiger partial charge is 0.407 e. The van der Waals surface area contributed by atoms with E-state index in [-0.39, 0.29) is 37.4 Å². The van der Waals surface area contributed by atoms with Gasteiger partial charge in [0.2, 0.25) is 11.8 Å². The van der Waals surface area contributed by atoms with E-state index >= 15 is 0 Å². The van der Waals surface area contributed by atoms with Crippen molar-refractivity contribution in [2.45, 2.75) is 76.0 Å². The molecule has 216 valence electrons. The molecule has 1 fully saturated rings. The highest BCUT2D eigenvalue weighted by molar-refractivity contribution is 5.85. The molecular formula is C25H38ClN7O6. The Kier molecular flexibility index (Phi) is 12.1. The van der Waals surface area contributed by atoms with Crippen LogP contribution in [0.4, 0.5) is 4.79 Å². The van der Waals surface area contributed by atoms with Crippen LogP contribution in [0, 0.1) is 0 Å². The number of benzene rings is 1. The molecule has 0 aliphatic carbocycles. The standard InChI is InChI=1S/C25H37N7O6.ClH/c1-25(2,37)20-14-29-31-32(20)17-12-19(28-13-17)23(35)30-18(21(33)22(26)34)10-6-7-11-27-24(36)38-15-16-8-4-3-5-9-16;/h3-5,8-9,14,17-19,21,28,33,37H,6-7,10-13,15H2,1-2H3,(H2,26,34)(H,27,36)(H,30,35);1H/t17-,18?,19-,21?;/m0./s1. The van der Waals surface area contributed by atoms with Crippen LogP contribution in [-0.2, 0) is 26.5 Å². The van der Waals surface area contributed by atoms with E-state index in [9.17, 15) is 24.6 Å². The molecule has 39 heavy (non-hydrogen) atoms. The summed E-state index contributed by atoms with van der Waals surface area (Å²) in [5.74, 6) is -1.32. The van der Waals surface area contributed by atoms with Crippen LogP contribution in [0.1, 0.15) is 56.8 Å². The molecule has 0 radical (unpaired) electrons. The van der Waals surface area contributed by atoms with Crippen molar-refractivity contribution in [2.24, 2.45) is 5.73 Å². The van der Waals surface area contributed by atoms with Crippen molar-refractivity contribution in [3.05, 3.63) is 47.8 Å². The van der Waals surface area contributed by atoms with Gasteiger partial charge >= 0.3 is 6.09 Å². The molecule has 2 aromatic rings. The summed E-state index contributed by atoms with van der Waals surface area (Å²) in [5.41, 5.74) is 5.56. The third-order valence-electron chi connectivity index (χ3n) is 6.40. The van der Waals surface area contributed by atoms with Crippen molar-refractivity contribution < 1.29 is 29.3 Å². The fraction of sp³-hybridized carbons (Fsp3) is 0.560. The number of unbranched alkanes of at least 4 members (excludes halogenated alkanes) is 1. The lowest BCUT2D eigenvalue weighted by molar-refractivity contribution is -0.130. The molecule has 0 bridgehead atoms. The Bertz CT molecular complexity index is 1080. The molecule has 0 spiro atoms. The third-order valence-corrected chi connectivity index (χ3v) is 6.40. The van der Waals surface area contributed by atoms with Crippen molar-refractivity contribution in [1.29, 1.82) is 0 Å². The second-order valence-corrected chi connectivity index (χ2v) is 9.92. The van der Waals surface area contributed by atoms with Gasteiger partial charge in [-0.05, 0) is 45.1 Å². The Morgan fingerprint density at radius 3 is 2.64 bits per heavy atom. The number of amides is 3. The van der Waals surface area contributed by atoms with E-state index in [0.29, 0.717) is 38.0 Å². The summed E-state index contributed by atoms with van der Waals surface area (Å²) in [7, 11) is 0. The number of carbonyl (C=O) groups excluding carboxylic acids is 3. The van der Waals surface area contributed by atoms with Crippen LogP contribution in [0.25, 0.3) is 0 Å². The first-order valence-electron chi connectivity index (χ1n) is 12.6. The van der Waals surface area contributed by atoms with Gasteiger partial charge in [0.1, 0.15) is 12.2 Å². The molecule has 4 atom stereocenters. The zero-order chi connectivity index (χ0) is 27.7. The fourth-order valence-corrected chi connectivity index (χ4v) is 4.30. The van der Waals surface area contributed by atoms with E-state index in [2.05, 4.69) is 26.3 Å². The molecule has 3 rings (SSSR count). The summed E-state index contributed by atoms with van der Waals surface area (Å²) in [6, 6.07) is 7.62. The third kappa shape index (κ3) is 9.46. The maximum atomic E-state index is 12.9. The van der Waals surface area contributed by atoms with Gasteiger partial charge in [-0.2, -0.15) is 0 Å². The Morgan fingerprint density at radius 1 is 1.26 bits per heavy atom. The minimum atomic E-state index is -1.56. The number of hydrogen-bond acceptors (Lipinski definition) is 9. The number of rotatable bonds is 13. The minimum Gasteiger partial charge on any atom is -0.445 e. The topological polar surface area (TPSA) is 194 Å². The number of hydrogen-bond donors (Lipinski definition) is 6. The number of aliphatic hydroxyl groups excluding tert-OH is 1. The SMILES string of the molecule is CC(C)(O)c1cnnn1[C@@H]1CN[C@H](C(=O)NC(CCCCNC(=O)OCc2ccccc2)C(O)C(N)=O)C1.Cl. The van der Waals surface area contributed by atoms with Gasteiger partial charge in [-0.3, -0.25) is 9.59 Å². The molecule has 1 aromatic carbocycles. The van der Waals surface area contributed by atoms with Crippen LogP contribution < -0.4 is 21.7 Å². The van der Waals surface area contributed by atoms with Crippen LogP contribution in [-0.4, -0.2) is 74.4 Å². The summed E-state index contributed by atoms with van der Waals surface area (Å²) >= 11 is 0. The van der Waals surface area contributed by atoms with Gasteiger partial charge < -0.3 is 36.6 Å². The molecule has 13 nitrogen and oxygen atoms in total. The van der Waals surface area contributed by atoms with Crippen LogP contribution in [0.2, 0.25) is 0 Å². The lowest BCUT2D eigenvalue weighted by Crippen LogP contribution is -2.53. The van der Waals surface area contributed by atoms with Gasteiger partial charge in [0, 0.05) is 13.1 Å². The van der Waals surface area contributed by atoms with Crippen molar-refractivity contribution in [1.82, 2.24) is 30.9 Å². The van der Waals surface area contributed by atoms with E-state index < -0.39 is 35.8 Å². The number of aliphatic hydroxyl groups is 2. The number of primary amides is 1. The molecule has 1 saturated heterocycles. The fourth-order valence-electron chi connectivity index (χ4n) is 4.30. The summed E-state index contributed by atoms with van der Waals surface area (Å²) < 4.78 is 6.76. The Hall–Kier alpha value is -3.26. The van der Waals surface area contributed by atoms with Crippen LogP contribution in [0.15, 0.2) is 36.5 Å². The highest BCUT2D eigenvalue weighted by atomic mass is 35.5. The zero-order valence-corrected chi connectivity index (χ0v) is 22.9. The Balaban J connectivity index is 0.00000533. The Labute approximate surface area is 233 Å². The number of nitrogens with zero attached hydrogens (tertiary/aromatic N) is 3. The second kappa shape index (κ2) is 14.8. The largest absolute Gasteiger partial charge is 0.445 e. The highest BCUT2D eigenvalue weighted by Gasteiger charge is 2.36. The summed E-state index contributed by atoms with van der Waals surface area (Å²) in [6.45, 7) is 4.19. The van der Waals surface area contributed by atoms with Gasteiger partial charge in [0.15, 0.2) is 6.10 Å². The quantitative estimate of drug-likeness (QED) is 0.184. The van der Waals surface area contributed by atoms with Crippen LogP contribution in [0.5, 0.6) is 0 Å². The summed E-state index contributed by atoms with van der Waals surface area (Å²) in [5, 5.41) is 37.1. The van der Waals surface area contributed by atoms with Gasteiger partial charge in [0.25, 0.3) is 0 Å². The molecule has 3 amide bonds. The average molecular weight is 568 g/mol. The van der Waals surface area contributed by atoms with E-state index in [1.54, 1.807) is 18.5 Å².